The summed E-state index contributed by atoms with van der Waals surface area (Å²) in [5.41, 5.74) is 6.71. The Morgan fingerprint density at radius 2 is 2.10 bits per heavy atom. The first-order chi connectivity index (χ1) is 9.31. The quantitative estimate of drug-likeness (QED) is 0.779. The van der Waals surface area contributed by atoms with Gasteiger partial charge in [-0.1, -0.05) is 0 Å². The third-order valence-electron chi connectivity index (χ3n) is 2.28. The minimum Gasteiger partial charge on any atom is -0.496 e. The van der Waals surface area contributed by atoms with Crippen molar-refractivity contribution < 1.29 is 27.4 Å². The molecule has 0 spiro atoms. The third kappa shape index (κ3) is 5.79. The van der Waals surface area contributed by atoms with E-state index in [0.29, 0.717) is 17.0 Å². The molecule has 0 atom stereocenters. The van der Waals surface area contributed by atoms with Gasteiger partial charge in [0.25, 0.3) is 0 Å². The molecular weight excluding hydrogens is 277 g/mol. The van der Waals surface area contributed by atoms with Crippen molar-refractivity contribution in [2.24, 2.45) is 0 Å². The highest BCUT2D eigenvalue weighted by Gasteiger charge is 2.27. The number of halogens is 3. The minimum atomic E-state index is -4.45. The molecule has 1 amide bonds. The molecule has 0 saturated heterocycles. The summed E-state index contributed by atoms with van der Waals surface area (Å²) >= 11 is 0. The predicted octanol–water partition coefficient (Wildman–Crippen LogP) is 1.47. The van der Waals surface area contributed by atoms with Gasteiger partial charge in [0.1, 0.15) is 19.0 Å². The highest BCUT2D eigenvalue weighted by atomic mass is 19.4. The lowest BCUT2D eigenvalue weighted by atomic mass is 10.2. The normalized spacial score (nSPS) is 11.2. The van der Waals surface area contributed by atoms with E-state index in [4.69, 9.17) is 10.5 Å². The molecule has 0 fully saturated rings. The number of carbonyl (C=O) groups excluding carboxylic acids is 1. The zero-order valence-electron chi connectivity index (χ0n) is 10.8. The Hall–Kier alpha value is -1.96. The van der Waals surface area contributed by atoms with Crippen LogP contribution in [0, 0.1) is 0 Å². The monoisotopic (exact) mass is 292 g/mol. The standard InChI is InChI=1S/C12H15F3N2O3/c1-19-10-3-2-9(16)4-8(10)5-17-11(18)6-20-7-12(13,14)15/h2-4H,5-7,16H2,1H3,(H,17,18). The van der Waals surface area contributed by atoms with E-state index < -0.39 is 25.3 Å². The molecule has 112 valence electrons. The molecule has 0 aliphatic rings. The zero-order valence-corrected chi connectivity index (χ0v) is 10.8. The molecule has 0 aliphatic carbocycles. The zero-order chi connectivity index (χ0) is 15.2. The molecule has 1 aromatic rings. The topological polar surface area (TPSA) is 73.6 Å². The number of hydrogen-bond acceptors (Lipinski definition) is 4. The summed E-state index contributed by atoms with van der Waals surface area (Å²) in [5, 5.41) is 2.42. The number of amides is 1. The van der Waals surface area contributed by atoms with Gasteiger partial charge in [-0.05, 0) is 18.2 Å². The Labute approximate surface area is 113 Å². The first kappa shape index (κ1) is 16.1. The molecule has 0 aliphatic heterocycles. The number of alkyl halides is 3. The van der Waals surface area contributed by atoms with Gasteiger partial charge in [0.05, 0.1) is 7.11 Å². The van der Waals surface area contributed by atoms with Gasteiger partial charge < -0.3 is 20.5 Å². The smallest absolute Gasteiger partial charge is 0.411 e. The summed E-state index contributed by atoms with van der Waals surface area (Å²) in [5.74, 6) is -0.130. The Bertz CT molecular complexity index is 464. The second kappa shape index (κ2) is 6.99. The van der Waals surface area contributed by atoms with Crippen molar-refractivity contribution >= 4 is 11.6 Å². The number of nitrogens with one attached hydrogen (secondary N) is 1. The van der Waals surface area contributed by atoms with Crippen LogP contribution in [0.3, 0.4) is 0 Å². The lowest BCUT2D eigenvalue weighted by Crippen LogP contribution is -2.29. The Morgan fingerprint density at radius 3 is 2.70 bits per heavy atom. The molecule has 1 aromatic carbocycles. The number of benzene rings is 1. The maximum Gasteiger partial charge on any atom is 0.411 e. The highest BCUT2D eigenvalue weighted by Crippen LogP contribution is 2.20. The second-order valence-corrected chi connectivity index (χ2v) is 3.96. The van der Waals surface area contributed by atoms with E-state index in [2.05, 4.69) is 10.1 Å². The van der Waals surface area contributed by atoms with Gasteiger partial charge in [-0.15, -0.1) is 0 Å². The third-order valence-corrected chi connectivity index (χ3v) is 2.28. The van der Waals surface area contributed by atoms with Crippen LogP contribution in [0.2, 0.25) is 0 Å². The van der Waals surface area contributed by atoms with Crippen LogP contribution >= 0.6 is 0 Å². The number of methoxy groups -OCH3 is 1. The number of nitrogen functional groups attached to an aromatic ring is 1. The molecule has 0 saturated carbocycles. The van der Waals surface area contributed by atoms with Gasteiger partial charge in [-0.2, -0.15) is 13.2 Å². The fraction of sp³-hybridized carbons (Fsp3) is 0.417. The first-order valence-corrected chi connectivity index (χ1v) is 5.65. The van der Waals surface area contributed by atoms with Gasteiger partial charge in [-0.3, -0.25) is 4.79 Å². The summed E-state index contributed by atoms with van der Waals surface area (Å²) in [7, 11) is 1.46. The van der Waals surface area contributed by atoms with Gasteiger partial charge in [0, 0.05) is 17.8 Å². The van der Waals surface area contributed by atoms with Crippen molar-refractivity contribution in [3.8, 4) is 5.75 Å². The van der Waals surface area contributed by atoms with Crippen molar-refractivity contribution in [3.63, 3.8) is 0 Å². The van der Waals surface area contributed by atoms with Crippen LogP contribution in [0.15, 0.2) is 18.2 Å². The van der Waals surface area contributed by atoms with Crippen molar-refractivity contribution in [1.82, 2.24) is 5.32 Å². The molecule has 0 unspecified atom stereocenters. The number of rotatable bonds is 6. The average Bonchev–Trinajstić information content (AvgIpc) is 2.35. The lowest BCUT2D eigenvalue weighted by molar-refractivity contribution is -0.175. The molecule has 0 aromatic heterocycles. The van der Waals surface area contributed by atoms with E-state index in [0.717, 1.165) is 0 Å². The predicted molar refractivity (Wildman–Crippen MR) is 66.1 cm³/mol. The van der Waals surface area contributed by atoms with E-state index in [1.54, 1.807) is 18.2 Å². The SMILES string of the molecule is COc1ccc(N)cc1CNC(=O)COCC(F)(F)F. The Kier molecular flexibility index (Phi) is 5.63. The van der Waals surface area contributed by atoms with E-state index in [1.807, 2.05) is 0 Å². The van der Waals surface area contributed by atoms with Crippen LogP contribution in [0.5, 0.6) is 5.75 Å². The summed E-state index contributed by atoms with van der Waals surface area (Å²) in [6.07, 6.45) is -4.45. The Morgan fingerprint density at radius 1 is 1.40 bits per heavy atom. The van der Waals surface area contributed by atoms with Crippen LogP contribution in [0.25, 0.3) is 0 Å². The van der Waals surface area contributed by atoms with Gasteiger partial charge in [-0.25, -0.2) is 0 Å². The second-order valence-electron chi connectivity index (χ2n) is 3.96. The van der Waals surface area contributed by atoms with Crippen molar-refractivity contribution in [2.75, 3.05) is 26.1 Å². The molecule has 0 radical (unpaired) electrons. The highest BCUT2D eigenvalue weighted by molar-refractivity contribution is 5.77. The van der Waals surface area contributed by atoms with Crippen molar-refractivity contribution in [1.29, 1.82) is 0 Å². The molecular formula is C12H15F3N2O3. The summed E-state index contributed by atoms with van der Waals surface area (Å²) in [4.78, 5) is 11.3. The molecule has 3 N–H and O–H groups in total. The summed E-state index contributed by atoms with van der Waals surface area (Å²) in [6, 6.07) is 4.88. The molecule has 5 nitrogen and oxygen atoms in total. The van der Waals surface area contributed by atoms with Crippen molar-refractivity contribution in [3.05, 3.63) is 23.8 Å². The van der Waals surface area contributed by atoms with Crippen LogP contribution in [-0.2, 0) is 16.1 Å². The van der Waals surface area contributed by atoms with Gasteiger partial charge >= 0.3 is 6.18 Å². The fourth-order valence-electron chi connectivity index (χ4n) is 1.44. The van der Waals surface area contributed by atoms with Crippen LogP contribution in [-0.4, -0.2) is 32.4 Å². The maximum atomic E-state index is 11.8. The number of carbonyl (C=O) groups is 1. The summed E-state index contributed by atoms with van der Waals surface area (Å²) in [6.45, 7) is -2.03. The first-order valence-electron chi connectivity index (χ1n) is 5.65. The molecule has 0 bridgehead atoms. The van der Waals surface area contributed by atoms with E-state index in [9.17, 15) is 18.0 Å². The summed E-state index contributed by atoms with van der Waals surface area (Å²) < 4.78 is 44.7. The van der Waals surface area contributed by atoms with Crippen molar-refractivity contribution in [2.45, 2.75) is 12.7 Å². The molecule has 0 heterocycles. The minimum absolute atomic E-state index is 0.0857. The molecule has 8 heteroatoms. The van der Waals surface area contributed by atoms with E-state index in [1.165, 1.54) is 7.11 Å². The number of anilines is 1. The fourth-order valence-corrected chi connectivity index (χ4v) is 1.44. The maximum absolute atomic E-state index is 11.8. The largest absolute Gasteiger partial charge is 0.496 e. The van der Waals surface area contributed by atoms with Gasteiger partial charge in [0.15, 0.2) is 0 Å². The number of nitrogens with two attached hydrogens (primary N) is 1. The van der Waals surface area contributed by atoms with Gasteiger partial charge in [0.2, 0.25) is 5.91 Å². The van der Waals surface area contributed by atoms with Crippen LogP contribution in [0.4, 0.5) is 18.9 Å². The van der Waals surface area contributed by atoms with E-state index in [-0.39, 0.29) is 6.54 Å². The Balaban J connectivity index is 2.43. The van der Waals surface area contributed by atoms with Crippen LogP contribution < -0.4 is 15.8 Å². The van der Waals surface area contributed by atoms with Crippen LogP contribution in [0.1, 0.15) is 5.56 Å². The number of hydrogen-bond donors (Lipinski definition) is 2. The van der Waals surface area contributed by atoms with E-state index >= 15 is 0 Å². The average molecular weight is 292 g/mol. The molecule has 20 heavy (non-hydrogen) atoms. The number of ether oxygens (including phenoxy) is 2. The molecule has 1 rings (SSSR count). The lowest BCUT2D eigenvalue weighted by Gasteiger charge is -2.11.